The number of nitrogen functional groups attached to an aromatic ring is 1. The average molecular weight is 396 g/mol. The van der Waals surface area contributed by atoms with Crippen LogP contribution in [0.5, 0.6) is 0 Å². The number of nitrogens with two attached hydrogens (primary N) is 1. The van der Waals surface area contributed by atoms with Gasteiger partial charge < -0.3 is 20.9 Å². The van der Waals surface area contributed by atoms with Gasteiger partial charge in [0.15, 0.2) is 5.52 Å². The molecule has 0 spiro atoms. The number of rotatable bonds is 4. The van der Waals surface area contributed by atoms with Crippen LogP contribution in [-0.2, 0) is 6.54 Å². The number of fused-ring (bicyclic) bond motifs is 1. The molecule has 0 aliphatic carbocycles. The summed E-state index contributed by atoms with van der Waals surface area (Å²) >= 11 is 6.03. The molecule has 3 N–H and O–H groups in total. The number of likely N-dealkylation sites (N-methyl/N-ethyl adjacent to an activating group) is 1. The Morgan fingerprint density at radius 1 is 1.18 bits per heavy atom. The fourth-order valence-electron chi connectivity index (χ4n) is 3.52. The first kappa shape index (κ1) is 18.7. The molecule has 7 heteroatoms. The van der Waals surface area contributed by atoms with Crippen LogP contribution < -0.4 is 15.2 Å². The number of aromatic nitrogens is 2. The van der Waals surface area contributed by atoms with Gasteiger partial charge in [-0.1, -0.05) is 23.7 Å². The third-order valence-corrected chi connectivity index (χ3v) is 5.51. The molecule has 1 aliphatic heterocycles. The standard InChI is InChI=1S/C21H23ClN6/c1-26-7-9-27(10-8-26)17-4-2-3-15(11-17)19(23)13-28-14-25-20-12-16(22)5-6-18(20)21(28)24/h2-6,11-12,14,23-24H,7-10,13H2,1H3/p+1. The van der Waals surface area contributed by atoms with Gasteiger partial charge in [-0.15, -0.1) is 4.98 Å². The van der Waals surface area contributed by atoms with E-state index in [-0.39, 0.29) is 0 Å². The van der Waals surface area contributed by atoms with Crippen molar-refractivity contribution in [3.63, 3.8) is 0 Å². The van der Waals surface area contributed by atoms with E-state index < -0.39 is 0 Å². The first-order valence-corrected chi connectivity index (χ1v) is 9.73. The van der Waals surface area contributed by atoms with Crippen molar-refractivity contribution in [2.24, 2.45) is 0 Å². The fraction of sp³-hybridized carbons (Fsp3) is 0.286. The van der Waals surface area contributed by atoms with E-state index in [1.807, 2.05) is 18.2 Å². The van der Waals surface area contributed by atoms with Crippen LogP contribution in [-0.4, -0.2) is 48.8 Å². The molecule has 2 heterocycles. The molecule has 0 saturated carbocycles. The summed E-state index contributed by atoms with van der Waals surface area (Å²) in [6.45, 7) is 4.49. The third kappa shape index (κ3) is 3.79. The van der Waals surface area contributed by atoms with Crippen LogP contribution in [0.1, 0.15) is 5.56 Å². The Morgan fingerprint density at radius 3 is 2.75 bits per heavy atom. The Kier molecular flexibility index (Phi) is 5.15. The Labute approximate surface area is 169 Å². The molecule has 4 rings (SSSR count). The van der Waals surface area contributed by atoms with Gasteiger partial charge in [-0.3, -0.25) is 0 Å². The molecule has 0 unspecified atom stereocenters. The maximum Gasteiger partial charge on any atom is 0.230 e. The van der Waals surface area contributed by atoms with Gasteiger partial charge in [0.25, 0.3) is 0 Å². The zero-order valence-corrected chi connectivity index (χ0v) is 16.7. The van der Waals surface area contributed by atoms with Crippen molar-refractivity contribution in [1.82, 2.24) is 9.88 Å². The Bertz CT molecular complexity index is 1030. The summed E-state index contributed by atoms with van der Waals surface area (Å²) in [6.07, 6.45) is 1.67. The molecular weight excluding hydrogens is 372 g/mol. The summed E-state index contributed by atoms with van der Waals surface area (Å²) in [6, 6.07) is 13.7. The number of hydrogen-bond acceptors (Lipinski definition) is 5. The molecule has 0 bridgehead atoms. The van der Waals surface area contributed by atoms with Crippen LogP contribution >= 0.6 is 11.6 Å². The SMILES string of the molecule is CN1CCN(c2cccc(C(=N)C[n+]3cnc4cc(Cl)ccc4c3N)c2)CC1. The van der Waals surface area contributed by atoms with E-state index in [2.05, 4.69) is 34.0 Å². The average Bonchev–Trinajstić information content (AvgIpc) is 2.70. The van der Waals surface area contributed by atoms with Gasteiger partial charge in [0, 0.05) is 48.5 Å². The molecule has 0 atom stereocenters. The molecule has 0 amide bonds. The van der Waals surface area contributed by atoms with E-state index in [4.69, 9.17) is 22.7 Å². The number of hydrogen-bond donors (Lipinski definition) is 2. The predicted octanol–water partition coefficient (Wildman–Crippen LogP) is 2.58. The Morgan fingerprint density at radius 2 is 1.96 bits per heavy atom. The first-order chi connectivity index (χ1) is 13.5. The lowest BCUT2D eigenvalue weighted by Crippen LogP contribution is -2.44. The highest BCUT2D eigenvalue weighted by molar-refractivity contribution is 6.31. The maximum atomic E-state index is 8.60. The highest BCUT2D eigenvalue weighted by Gasteiger charge is 2.17. The summed E-state index contributed by atoms with van der Waals surface area (Å²) in [7, 11) is 2.15. The molecule has 0 radical (unpaired) electrons. The highest BCUT2D eigenvalue weighted by atomic mass is 35.5. The molecule has 1 aromatic heterocycles. The van der Waals surface area contributed by atoms with Crippen molar-refractivity contribution >= 4 is 39.7 Å². The molecule has 1 saturated heterocycles. The van der Waals surface area contributed by atoms with Crippen molar-refractivity contribution in [3.05, 3.63) is 59.4 Å². The highest BCUT2D eigenvalue weighted by Crippen LogP contribution is 2.21. The van der Waals surface area contributed by atoms with E-state index in [9.17, 15) is 0 Å². The number of nitrogens with one attached hydrogen (secondary N) is 1. The lowest BCUT2D eigenvalue weighted by molar-refractivity contribution is -0.669. The molecule has 6 nitrogen and oxygen atoms in total. The smallest absolute Gasteiger partial charge is 0.230 e. The molecule has 1 aliphatic rings. The minimum absolute atomic E-state index is 0.365. The number of halogens is 1. The van der Waals surface area contributed by atoms with Crippen LogP contribution in [0.4, 0.5) is 11.5 Å². The quantitative estimate of drug-likeness (QED) is 0.526. The van der Waals surface area contributed by atoms with Crippen molar-refractivity contribution in [2.45, 2.75) is 6.54 Å². The second-order valence-electron chi connectivity index (χ2n) is 7.24. The number of nitrogens with zero attached hydrogens (tertiary/aromatic N) is 4. The molecule has 28 heavy (non-hydrogen) atoms. The van der Waals surface area contributed by atoms with Gasteiger partial charge in [0.05, 0.1) is 11.1 Å². The van der Waals surface area contributed by atoms with Gasteiger partial charge in [-0.05, 0) is 31.3 Å². The maximum absolute atomic E-state index is 8.60. The lowest BCUT2D eigenvalue weighted by Gasteiger charge is -2.34. The molecule has 144 valence electrons. The summed E-state index contributed by atoms with van der Waals surface area (Å²) in [5, 5.41) is 10.1. The Balaban J connectivity index is 1.55. The van der Waals surface area contributed by atoms with Crippen molar-refractivity contribution in [2.75, 3.05) is 43.9 Å². The molecule has 2 aromatic carbocycles. The lowest BCUT2D eigenvalue weighted by atomic mass is 10.1. The Hall–Kier alpha value is -2.70. The summed E-state index contributed by atoms with van der Waals surface area (Å²) < 4.78 is 1.81. The van der Waals surface area contributed by atoms with E-state index in [1.165, 1.54) is 5.69 Å². The van der Waals surface area contributed by atoms with Crippen LogP contribution in [0.3, 0.4) is 0 Å². The van der Waals surface area contributed by atoms with E-state index in [0.29, 0.717) is 23.1 Å². The van der Waals surface area contributed by atoms with Crippen LogP contribution in [0.15, 0.2) is 48.8 Å². The normalized spacial score (nSPS) is 15.1. The molecular formula is C21H24ClN6+. The first-order valence-electron chi connectivity index (χ1n) is 9.36. The van der Waals surface area contributed by atoms with Crippen LogP contribution in [0, 0.1) is 5.41 Å². The third-order valence-electron chi connectivity index (χ3n) is 5.27. The van der Waals surface area contributed by atoms with Crippen LogP contribution in [0.2, 0.25) is 5.02 Å². The van der Waals surface area contributed by atoms with Gasteiger partial charge in [0.2, 0.25) is 12.1 Å². The van der Waals surface area contributed by atoms with E-state index >= 15 is 0 Å². The van der Waals surface area contributed by atoms with Crippen molar-refractivity contribution < 1.29 is 4.57 Å². The number of anilines is 2. The van der Waals surface area contributed by atoms with Gasteiger partial charge >= 0.3 is 0 Å². The summed E-state index contributed by atoms with van der Waals surface area (Å²) in [5.74, 6) is 0.585. The van der Waals surface area contributed by atoms with Gasteiger partial charge in [-0.2, -0.15) is 0 Å². The zero-order valence-electron chi connectivity index (χ0n) is 15.9. The van der Waals surface area contributed by atoms with Gasteiger partial charge in [-0.25, -0.2) is 4.57 Å². The summed E-state index contributed by atoms with van der Waals surface area (Å²) in [5.41, 5.74) is 9.65. The predicted molar refractivity (Wildman–Crippen MR) is 114 cm³/mol. The zero-order chi connectivity index (χ0) is 19.7. The van der Waals surface area contributed by atoms with E-state index in [1.54, 1.807) is 23.0 Å². The molecule has 1 fully saturated rings. The van der Waals surface area contributed by atoms with Gasteiger partial charge in [0.1, 0.15) is 6.54 Å². The summed E-state index contributed by atoms with van der Waals surface area (Å²) in [4.78, 5) is 9.15. The van der Waals surface area contributed by atoms with Crippen molar-refractivity contribution in [3.8, 4) is 0 Å². The fourth-order valence-corrected chi connectivity index (χ4v) is 3.69. The largest absolute Gasteiger partial charge is 0.369 e. The monoisotopic (exact) mass is 395 g/mol. The topological polar surface area (TPSA) is 73.1 Å². The van der Waals surface area contributed by atoms with Crippen molar-refractivity contribution in [1.29, 1.82) is 5.41 Å². The minimum atomic E-state index is 0.365. The number of benzene rings is 2. The number of piperazine rings is 1. The molecule has 3 aromatic rings. The van der Waals surface area contributed by atoms with Crippen LogP contribution in [0.25, 0.3) is 10.9 Å². The second-order valence-corrected chi connectivity index (χ2v) is 7.67. The van der Waals surface area contributed by atoms with E-state index in [0.717, 1.165) is 42.6 Å². The second kappa shape index (κ2) is 7.73. The minimum Gasteiger partial charge on any atom is -0.369 e.